The summed E-state index contributed by atoms with van der Waals surface area (Å²) < 4.78 is 34.0. The SMILES string of the molecule is COc1c(Nc2ncc(Cl)c(Nc3ccccc3S(=O)(=O)N3CCC(O)C3)n2)ccc2c1CCCC(N1CCN(C)CC1)C2. The Labute approximate surface area is 264 Å². The number of aliphatic hydroxyl groups excluding tert-OH is 1. The summed E-state index contributed by atoms with van der Waals surface area (Å²) in [5.74, 6) is 1.35. The number of aliphatic hydroxyl groups is 1. The summed E-state index contributed by atoms with van der Waals surface area (Å²) in [5, 5.41) is 16.6. The minimum absolute atomic E-state index is 0.0676. The van der Waals surface area contributed by atoms with Crippen molar-refractivity contribution in [1.82, 2.24) is 24.1 Å². The number of hydrogen-bond donors (Lipinski definition) is 3. The molecule has 0 radical (unpaired) electrons. The van der Waals surface area contributed by atoms with Gasteiger partial charge in [-0.05, 0) is 68.5 Å². The molecular weight excluding hydrogens is 602 g/mol. The van der Waals surface area contributed by atoms with Gasteiger partial charge in [-0.2, -0.15) is 9.29 Å². The van der Waals surface area contributed by atoms with Crippen LogP contribution in [0.15, 0.2) is 47.5 Å². The van der Waals surface area contributed by atoms with Gasteiger partial charge in [0.05, 0.1) is 30.8 Å². The fraction of sp³-hybridized carbons (Fsp3) is 0.484. The van der Waals surface area contributed by atoms with Crippen LogP contribution in [0.25, 0.3) is 0 Å². The van der Waals surface area contributed by atoms with Crippen molar-refractivity contribution in [2.24, 2.45) is 0 Å². The molecule has 2 fully saturated rings. The van der Waals surface area contributed by atoms with E-state index in [1.54, 1.807) is 25.3 Å². The summed E-state index contributed by atoms with van der Waals surface area (Å²) in [7, 11) is 0.0378. The van der Waals surface area contributed by atoms with Crippen LogP contribution in [0.4, 0.5) is 23.1 Å². The molecule has 0 bridgehead atoms. The highest BCUT2D eigenvalue weighted by atomic mass is 35.5. The zero-order chi connectivity index (χ0) is 30.8. The Morgan fingerprint density at radius 3 is 2.57 bits per heavy atom. The molecule has 2 aliphatic heterocycles. The molecule has 3 heterocycles. The molecule has 13 heteroatoms. The van der Waals surface area contributed by atoms with Gasteiger partial charge in [0.2, 0.25) is 16.0 Å². The number of sulfonamides is 1. The number of anilines is 4. The van der Waals surface area contributed by atoms with Crippen molar-refractivity contribution in [3.8, 4) is 5.75 Å². The molecule has 3 aliphatic rings. The van der Waals surface area contributed by atoms with Gasteiger partial charge in [-0.25, -0.2) is 13.4 Å². The molecule has 2 saturated heterocycles. The van der Waals surface area contributed by atoms with Crippen molar-refractivity contribution in [3.63, 3.8) is 0 Å². The lowest BCUT2D eigenvalue weighted by atomic mass is 9.99. The molecule has 44 heavy (non-hydrogen) atoms. The van der Waals surface area contributed by atoms with Crippen LogP contribution in [0.2, 0.25) is 5.02 Å². The van der Waals surface area contributed by atoms with Crippen LogP contribution in [0.1, 0.15) is 30.4 Å². The third-order valence-corrected chi connectivity index (χ3v) is 11.1. The summed E-state index contributed by atoms with van der Waals surface area (Å²) >= 11 is 6.48. The van der Waals surface area contributed by atoms with Gasteiger partial charge in [-0.3, -0.25) is 4.90 Å². The molecule has 3 aromatic rings. The van der Waals surface area contributed by atoms with E-state index in [2.05, 4.69) is 43.5 Å². The first-order valence-electron chi connectivity index (χ1n) is 15.2. The van der Waals surface area contributed by atoms with Crippen LogP contribution in [0.3, 0.4) is 0 Å². The van der Waals surface area contributed by atoms with Gasteiger partial charge in [0.15, 0.2) is 5.82 Å². The average Bonchev–Trinajstić information content (AvgIpc) is 3.35. The van der Waals surface area contributed by atoms with E-state index < -0.39 is 16.1 Å². The average molecular weight is 642 g/mol. The summed E-state index contributed by atoms with van der Waals surface area (Å²) in [6, 6.07) is 11.3. The Hall–Kier alpha value is -3.00. The number of nitrogens with zero attached hydrogens (tertiary/aromatic N) is 5. The predicted molar refractivity (Wildman–Crippen MR) is 172 cm³/mol. The Balaban J connectivity index is 1.23. The van der Waals surface area contributed by atoms with Crippen LogP contribution in [0.5, 0.6) is 5.75 Å². The Morgan fingerprint density at radius 1 is 1.02 bits per heavy atom. The molecule has 2 unspecified atom stereocenters. The minimum Gasteiger partial charge on any atom is -0.494 e. The van der Waals surface area contributed by atoms with E-state index in [0.29, 0.717) is 24.1 Å². The number of rotatable bonds is 8. The predicted octanol–water partition coefficient (Wildman–Crippen LogP) is 3.88. The van der Waals surface area contributed by atoms with Crippen LogP contribution in [-0.2, 0) is 22.9 Å². The lowest BCUT2D eigenvalue weighted by Gasteiger charge is -2.37. The molecule has 6 rings (SSSR count). The summed E-state index contributed by atoms with van der Waals surface area (Å²) in [6.07, 6.45) is 5.40. The van der Waals surface area contributed by atoms with Crippen molar-refractivity contribution >= 4 is 44.8 Å². The third-order valence-electron chi connectivity index (χ3n) is 8.91. The van der Waals surface area contributed by atoms with E-state index in [9.17, 15) is 13.5 Å². The first-order chi connectivity index (χ1) is 21.2. The number of piperazine rings is 1. The zero-order valence-electron chi connectivity index (χ0n) is 25.2. The van der Waals surface area contributed by atoms with E-state index in [1.807, 2.05) is 6.07 Å². The lowest BCUT2D eigenvalue weighted by Crippen LogP contribution is -2.49. The second-order valence-electron chi connectivity index (χ2n) is 11.8. The van der Waals surface area contributed by atoms with Gasteiger partial charge >= 0.3 is 0 Å². The number of halogens is 1. The number of aromatic nitrogens is 2. The number of ether oxygens (including phenoxy) is 1. The fourth-order valence-corrected chi connectivity index (χ4v) is 8.24. The number of hydrogen-bond acceptors (Lipinski definition) is 10. The number of para-hydroxylation sites is 1. The van der Waals surface area contributed by atoms with E-state index in [-0.39, 0.29) is 28.8 Å². The lowest BCUT2D eigenvalue weighted by molar-refractivity contribution is 0.106. The molecule has 1 aromatic heterocycles. The first-order valence-corrected chi connectivity index (χ1v) is 17.0. The van der Waals surface area contributed by atoms with Crippen molar-refractivity contribution < 1.29 is 18.3 Å². The standard InChI is InChI=1S/C31H40ClN7O4S/c1-37-14-16-38(17-15-37)22-6-5-7-24-21(18-22)10-11-27(29(24)43-2)35-31-33-19-25(32)30(36-31)34-26-8-3-4-9-28(26)44(41,42)39-13-12-23(40)20-39/h3-4,8-11,19,22-23,40H,5-7,12-18,20H2,1-2H3,(H2,33,34,35,36). The quantitative estimate of drug-likeness (QED) is 0.312. The second kappa shape index (κ2) is 13.2. The van der Waals surface area contributed by atoms with Gasteiger partial charge < -0.3 is 25.4 Å². The zero-order valence-corrected chi connectivity index (χ0v) is 26.7. The number of β-amino-alcohol motifs (C(OH)–C–C–N with tert-alkyl or cyclic N) is 1. The highest BCUT2D eigenvalue weighted by molar-refractivity contribution is 7.89. The molecule has 236 valence electrons. The highest BCUT2D eigenvalue weighted by Crippen LogP contribution is 2.38. The van der Waals surface area contributed by atoms with Crippen molar-refractivity contribution in [2.45, 2.75) is 49.1 Å². The largest absolute Gasteiger partial charge is 0.494 e. The summed E-state index contributed by atoms with van der Waals surface area (Å²) in [6.45, 7) is 4.76. The number of fused-ring (bicyclic) bond motifs is 1. The maximum Gasteiger partial charge on any atom is 0.245 e. The Bertz CT molecular complexity index is 1600. The van der Waals surface area contributed by atoms with Crippen LogP contribution in [0, 0.1) is 0 Å². The minimum atomic E-state index is -3.84. The van der Waals surface area contributed by atoms with Crippen LogP contribution < -0.4 is 15.4 Å². The van der Waals surface area contributed by atoms with Gasteiger partial charge in [0.25, 0.3) is 0 Å². The molecule has 3 N–H and O–H groups in total. The van der Waals surface area contributed by atoms with E-state index in [1.165, 1.54) is 27.7 Å². The molecule has 0 saturated carbocycles. The maximum absolute atomic E-state index is 13.4. The Kier molecular flexibility index (Phi) is 9.27. The molecule has 11 nitrogen and oxygen atoms in total. The van der Waals surface area contributed by atoms with Gasteiger partial charge in [0, 0.05) is 45.3 Å². The van der Waals surface area contributed by atoms with Gasteiger partial charge in [0.1, 0.15) is 15.7 Å². The summed E-state index contributed by atoms with van der Waals surface area (Å²) in [5.41, 5.74) is 3.62. The first kappa shape index (κ1) is 31.0. The van der Waals surface area contributed by atoms with Crippen molar-refractivity contribution in [1.29, 1.82) is 0 Å². The molecule has 0 amide bonds. The van der Waals surface area contributed by atoms with E-state index in [4.69, 9.17) is 16.3 Å². The van der Waals surface area contributed by atoms with Crippen LogP contribution in [-0.4, -0.2) is 103 Å². The smallest absolute Gasteiger partial charge is 0.245 e. The van der Waals surface area contributed by atoms with Gasteiger partial charge in [-0.1, -0.05) is 29.8 Å². The topological polar surface area (TPSA) is 123 Å². The second-order valence-corrected chi connectivity index (χ2v) is 14.1. The van der Waals surface area contributed by atoms with Crippen LogP contribution >= 0.6 is 11.6 Å². The Morgan fingerprint density at radius 2 is 1.82 bits per heavy atom. The molecular formula is C31H40ClN7O4S. The maximum atomic E-state index is 13.4. The number of methoxy groups -OCH3 is 1. The molecule has 2 atom stereocenters. The van der Waals surface area contributed by atoms with Crippen molar-refractivity contribution in [2.75, 3.05) is 64.1 Å². The molecule has 0 spiro atoms. The number of nitrogens with one attached hydrogen (secondary N) is 2. The fourth-order valence-electron chi connectivity index (χ4n) is 6.46. The third kappa shape index (κ3) is 6.51. The molecule has 2 aromatic carbocycles. The monoisotopic (exact) mass is 641 g/mol. The summed E-state index contributed by atoms with van der Waals surface area (Å²) in [4.78, 5) is 14.1. The van der Waals surface area contributed by atoms with Gasteiger partial charge in [-0.15, -0.1) is 0 Å². The molecule has 1 aliphatic carbocycles. The number of benzene rings is 2. The normalized spacial score (nSPS) is 21.9. The van der Waals surface area contributed by atoms with Crippen molar-refractivity contribution in [3.05, 3.63) is 58.7 Å². The highest BCUT2D eigenvalue weighted by Gasteiger charge is 2.33. The van der Waals surface area contributed by atoms with E-state index in [0.717, 1.165) is 63.3 Å². The number of likely N-dealkylation sites (N-methyl/N-ethyl adjacent to an activating group) is 1. The van der Waals surface area contributed by atoms with E-state index >= 15 is 0 Å².